The molecule has 4 aromatic rings. The van der Waals surface area contributed by atoms with Crippen LogP contribution in [0.5, 0.6) is 17.2 Å². The van der Waals surface area contributed by atoms with Crippen molar-refractivity contribution in [2.75, 3.05) is 27.4 Å². The van der Waals surface area contributed by atoms with Crippen LogP contribution in [0.15, 0.2) is 88.5 Å². The van der Waals surface area contributed by atoms with E-state index < -0.39 is 23.5 Å². The van der Waals surface area contributed by atoms with E-state index in [1.807, 2.05) is 30.3 Å². The van der Waals surface area contributed by atoms with E-state index in [0.717, 1.165) is 24.8 Å². The summed E-state index contributed by atoms with van der Waals surface area (Å²) < 4.78 is 22.9. The molecule has 8 heteroatoms. The smallest absolute Gasteiger partial charge is 0.290 e. The van der Waals surface area contributed by atoms with Gasteiger partial charge in [-0.1, -0.05) is 68.3 Å². The van der Waals surface area contributed by atoms with Crippen LogP contribution in [0.25, 0.3) is 11.0 Å². The zero-order valence-electron chi connectivity index (χ0n) is 24.1. The van der Waals surface area contributed by atoms with Crippen LogP contribution in [0.4, 0.5) is 0 Å². The Balaban J connectivity index is 1.53. The molecular weight excluding hydrogens is 534 g/mol. The zero-order valence-corrected chi connectivity index (χ0v) is 24.1. The van der Waals surface area contributed by atoms with Crippen molar-refractivity contribution < 1.29 is 33.3 Å². The number of carbonyl (C=O) groups excluding carboxylic acids is 2. The van der Waals surface area contributed by atoms with Gasteiger partial charge in [-0.3, -0.25) is 9.59 Å². The normalized spacial score (nSPS) is 15.0. The monoisotopic (exact) mass is 569 g/mol. The average molecular weight is 570 g/mol. The predicted molar refractivity (Wildman–Crippen MR) is 159 cm³/mol. The molecule has 1 unspecified atom stereocenters. The molecule has 0 radical (unpaired) electrons. The molecule has 0 saturated heterocycles. The van der Waals surface area contributed by atoms with Crippen molar-refractivity contribution in [1.82, 2.24) is 4.90 Å². The summed E-state index contributed by atoms with van der Waals surface area (Å²) in [5.74, 6) is -0.260. The molecule has 1 N–H and O–H groups in total. The Morgan fingerprint density at radius 1 is 0.929 bits per heavy atom. The molecule has 5 rings (SSSR count). The second-order valence-electron chi connectivity index (χ2n) is 10.2. The van der Waals surface area contributed by atoms with E-state index in [1.54, 1.807) is 49.6 Å². The van der Waals surface area contributed by atoms with Crippen LogP contribution in [0.2, 0.25) is 0 Å². The summed E-state index contributed by atoms with van der Waals surface area (Å²) in [6, 6.07) is 21.2. The largest absolute Gasteiger partial charge is 0.503 e. The molecule has 8 nitrogen and oxygen atoms in total. The number of nitrogens with zero attached hydrogens (tertiary/aromatic N) is 1. The first kappa shape index (κ1) is 28.8. The number of Topliss-reactive ketones (excluding diaryl/α,β-unsaturated/α-hetero) is 1. The minimum absolute atomic E-state index is 0.00148. The van der Waals surface area contributed by atoms with E-state index in [4.69, 9.17) is 18.6 Å². The molecule has 1 aromatic heterocycles. The number of hydrogen-bond donors (Lipinski definition) is 1. The number of furan rings is 1. The lowest BCUT2D eigenvalue weighted by Gasteiger charge is -2.27. The van der Waals surface area contributed by atoms with Gasteiger partial charge in [-0.25, -0.2) is 0 Å². The van der Waals surface area contributed by atoms with Crippen LogP contribution >= 0.6 is 0 Å². The maximum atomic E-state index is 14.0. The number of para-hydroxylation sites is 1. The fourth-order valence-corrected chi connectivity index (χ4v) is 5.31. The van der Waals surface area contributed by atoms with E-state index in [2.05, 4.69) is 6.92 Å². The lowest BCUT2D eigenvalue weighted by molar-refractivity contribution is -0.129. The third kappa shape index (κ3) is 5.70. The molecule has 1 aliphatic rings. The molecule has 0 bridgehead atoms. The van der Waals surface area contributed by atoms with Gasteiger partial charge in [0.15, 0.2) is 34.4 Å². The van der Waals surface area contributed by atoms with Crippen LogP contribution in [0.3, 0.4) is 0 Å². The Morgan fingerprint density at radius 2 is 1.71 bits per heavy atom. The number of hydrogen-bond acceptors (Lipinski definition) is 7. The van der Waals surface area contributed by atoms with Gasteiger partial charge in [0, 0.05) is 11.9 Å². The van der Waals surface area contributed by atoms with E-state index in [0.29, 0.717) is 46.8 Å². The van der Waals surface area contributed by atoms with Crippen molar-refractivity contribution in [3.05, 3.63) is 101 Å². The Labute approximate surface area is 245 Å². The second kappa shape index (κ2) is 12.9. The molecule has 0 spiro atoms. The first-order valence-corrected chi connectivity index (χ1v) is 14.2. The average Bonchev–Trinajstić information content (AvgIpc) is 3.57. The Hall–Kier alpha value is -4.72. The van der Waals surface area contributed by atoms with Crippen molar-refractivity contribution >= 4 is 22.7 Å². The second-order valence-corrected chi connectivity index (χ2v) is 10.2. The first-order valence-electron chi connectivity index (χ1n) is 14.2. The number of rotatable bonds is 13. The molecule has 0 aliphatic carbocycles. The van der Waals surface area contributed by atoms with Crippen LogP contribution in [-0.2, 0) is 11.2 Å². The molecule has 2 heterocycles. The highest BCUT2D eigenvalue weighted by Gasteiger charge is 2.44. The predicted octanol–water partition coefficient (Wildman–Crippen LogP) is 6.84. The van der Waals surface area contributed by atoms with Gasteiger partial charge < -0.3 is 28.6 Å². The van der Waals surface area contributed by atoms with Crippen molar-refractivity contribution in [2.24, 2.45) is 0 Å². The maximum Gasteiger partial charge on any atom is 0.290 e. The van der Waals surface area contributed by atoms with E-state index >= 15 is 0 Å². The molecule has 42 heavy (non-hydrogen) atoms. The highest BCUT2D eigenvalue weighted by Crippen LogP contribution is 2.42. The summed E-state index contributed by atoms with van der Waals surface area (Å²) >= 11 is 0. The molecule has 1 amide bonds. The summed E-state index contributed by atoms with van der Waals surface area (Å²) in [5.41, 5.74) is 2.00. The minimum Gasteiger partial charge on any atom is -0.503 e. The van der Waals surface area contributed by atoms with Crippen molar-refractivity contribution in [2.45, 2.75) is 38.6 Å². The summed E-state index contributed by atoms with van der Waals surface area (Å²) in [5, 5.41) is 11.8. The van der Waals surface area contributed by atoms with Crippen molar-refractivity contribution in [1.29, 1.82) is 0 Å². The van der Waals surface area contributed by atoms with Gasteiger partial charge in [-0.2, -0.15) is 0 Å². The molecule has 1 atom stereocenters. The topological polar surface area (TPSA) is 98.4 Å². The van der Waals surface area contributed by atoms with Crippen LogP contribution in [-0.4, -0.2) is 49.1 Å². The molecule has 0 fully saturated rings. The number of benzene rings is 3. The SMILES string of the molecule is CCCCCOc1ccc(C2C(C(=O)c3cc4cccc(OC)c4o3)=C(O)C(=O)N2CCc2ccccc2)cc1OC. The standard InChI is InChI=1S/C34H35NO7/c1-4-5-9-19-41-25-16-15-23(20-27(25)40-3)30-29(31(36)28-21-24-13-10-14-26(39-2)33(24)42-28)32(37)34(38)35(30)18-17-22-11-7-6-8-12-22/h6-8,10-16,20-21,30,37H,4-5,9,17-19H2,1-3H3. The highest BCUT2D eigenvalue weighted by atomic mass is 16.5. The highest BCUT2D eigenvalue weighted by molar-refractivity contribution is 6.16. The Bertz CT molecular complexity index is 1600. The van der Waals surface area contributed by atoms with Crippen molar-refractivity contribution in [3.8, 4) is 17.2 Å². The fraction of sp³-hybridized carbons (Fsp3) is 0.294. The number of ether oxygens (including phenoxy) is 3. The van der Waals surface area contributed by atoms with E-state index in [1.165, 1.54) is 12.0 Å². The molecular formula is C34H35NO7. The van der Waals surface area contributed by atoms with Gasteiger partial charge in [0.25, 0.3) is 5.91 Å². The Kier molecular flexibility index (Phi) is 8.81. The van der Waals surface area contributed by atoms with Gasteiger partial charge in [-0.05, 0) is 48.2 Å². The number of ketones is 1. The van der Waals surface area contributed by atoms with Gasteiger partial charge in [-0.15, -0.1) is 0 Å². The molecule has 0 saturated carbocycles. The Morgan fingerprint density at radius 3 is 2.45 bits per heavy atom. The number of unbranched alkanes of at least 4 members (excludes halogenated alkanes) is 2. The van der Waals surface area contributed by atoms with E-state index in [9.17, 15) is 14.7 Å². The third-order valence-corrected chi connectivity index (χ3v) is 7.49. The van der Waals surface area contributed by atoms with Crippen molar-refractivity contribution in [3.63, 3.8) is 0 Å². The number of carbonyl (C=O) groups is 2. The van der Waals surface area contributed by atoms with Crippen LogP contribution in [0.1, 0.15) is 53.9 Å². The summed E-state index contributed by atoms with van der Waals surface area (Å²) in [7, 11) is 3.07. The first-order chi connectivity index (χ1) is 20.5. The molecule has 3 aromatic carbocycles. The summed E-state index contributed by atoms with van der Waals surface area (Å²) in [6.07, 6.45) is 3.60. The maximum absolute atomic E-state index is 14.0. The van der Waals surface area contributed by atoms with Gasteiger partial charge in [0.2, 0.25) is 5.78 Å². The lowest BCUT2D eigenvalue weighted by Crippen LogP contribution is -2.33. The minimum atomic E-state index is -0.869. The number of methoxy groups -OCH3 is 2. The van der Waals surface area contributed by atoms with E-state index in [-0.39, 0.29) is 17.9 Å². The third-order valence-electron chi connectivity index (χ3n) is 7.49. The van der Waals surface area contributed by atoms with Crippen LogP contribution in [0, 0.1) is 0 Å². The van der Waals surface area contributed by atoms with Gasteiger partial charge in [0.05, 0.1) is 32.4 Å². The number of aliphatic hydroxyl groups is 1. The van der Waals surface area contributed by atoms with Gasteiger partial charge in [0.1, 0.15) is 0 Å². The summed E-state index contributed by atoms with van der Waals surface area (Å²) in [6.45, 7) is 2.96. The fourth-order valence-electron chi connectivity index (χ4n) is 5.31. The number of fused-ring (bicyclic) bond motifs is 1. The number of aliphatic hydroxyl groups excluding tert-OH is 1. The van der Waals surface area contributed by atoms with Crippen LogP contribution < -0.4 is 14.2 Å². The summed E-state index contributed by atoms with van der Waals surface area (Å²) in [4.78, 5) is 29.0. The molecule has 1 aliphatic heterocycles. The molecule has 218 valence electrons. The quantitative estimate of drug-likeness (QED) is 0.139. The van der Waals surface area contributed by atoms with Gasteiger partial charge >= 0.3 is 0 Å². The zero-order chi connectivity index (χ0) is 29.6. The lowest BCUT2D eigenvalue weighted by atomic mass is 9.94. The number of amides is 1.